The number of ether oxygens (including phenoxy) is 3. The molecule has 0 aliphatic carbocycles. The average molecular weight is 244 g/mol. The van der Waals surface area contributed by atoms with Crippen LogP contribution < -0.4 is 4.74 Å². The van der Waals surface area contributed by atoms with E-state index in [1.165, 1.54) is 32.7 Å². The van der Waals surface area contributed by atoms with Crippen LogP contribution in [0.1, 0.15) is 10.8 Å². The van der Waals surface area contributed by atoms with Crippen LogP contribution in [0.2, 0.25) is 0 Å². The van der Waals surface area contributed by atoms with E-state index in [9.17, 15) is 9.59 Å². The first kappa shape index (κ1) is 12.5. The van der Waals surface area contributed by atoms with E-state index in [1.807, 2.05) is 0 Å². The lowest BCUT2D eigenvalue weighted by molar-refractivity contribution is -0.154. The molecule has 6 heteroatoms. The average Bonchev–Trinajstić information content (AvgIpc) is 2.77. The molecule has 16 heavy (non-hydrogen) atoms. The highest BCUT2D eigenvalue weighted by Gasteiger charge is 2.32. The van der Waals surface area contributed by atoms with Gasteiger partial charge in [-0.15, -0.1) is 11.3 Å². The Labute approximate surface area is 96.9 Å². The summed E-state index contributed by atoms with van der Waals surface area (Å²) in [5.41, 5.74) is 0. The second-order valence-corrected chi connectivity index (χ2v) is 3.92. The second-order valence-electron chi connectivity index (χ2n) is 2.84. The van der Waals surface area contributed by atoms with Gasteiger partial charge in [0.2, 0.25) is 0 Å². The van der Waals surface area contributed by atoms with Crippen LogP contribution in [0.4, 0.5) is 0 Å². The van der Waals surface area contributed by atoms with Crippen molar-refractivity contribution in [2.75, 3.05) is 21.3 Å². The first-order valence-electron chi connectivity index (χ1n) is 4.43. The van der Waals surface area contributed by atoms with Crippen molar-refractivity contribution in [1.29, 1.82) is 0 Å². The maximum Gasteiger partial charge on any atom is 0.325 e. The van der Waals surface area contributed by atoms with Gasteiger partial charge in [0.1, 0.15) is 0 Å². The standard InChI is InChI=1S/C10H12O5S/c1-13-7-5-4-6(16-7)8(9(11)14-2)10(12)15-3/h4-5,8H,1-3H3. The molecular weight excluding hydrogens is 232 g/mol. The molecule has 1 heterocycles. The van der Waals surface area contributed by atoms with E-state index >= 15 is 0 Å². The van der Waals surface area contributed by atoms with Gasteiger partial charge in [-0.1, -0.05) is 0 Å². The summed E-state index contributed by atoms with van der Waals surface area (Å²) in [7, 11) is 3.97. The molecule has 88 valence electrons. The summed E-state index contributed by atoms with van der Waals surface area (Å²) in [4.78, 5) is 23.4. The predicted molar refractivity (Wildman–Crippen MR) is 57.6 cm³/mol. The molecule has 0 aromatic carbocycles. The zero-order valence-corrected chi connectivity index (χ0v) is 10.00. The summed E-state index contributed by atoms with van der Waals surface area (Å²) in [6.45, 7) is 0. The molecule has 0 fully saturated rings. The van der Waals surface area contributed by atoms with Gasteiger partial charge in [0.05, 0.1) is 21.3 Å². The van der Waals surface area contributed by atoms with Crippen LogP contribution in [0.15, 0.2) is 12.1 Å². The fourth-order valence-electron chi connectivity index (χ4n) is 1.16. The predicted octanol–water partition coefficient (Wildman–Crippen LogP) is 1.19. The number of thiophene rings is 1. The molecule has 0 saturated heterocycles. The topological polar surface area (TPSA) is 61.8 Å². The van der Waals surface area contributed by atoms with Crippen molar-refractivity contribution in [3.63, 3.8) is 0 Å². The highest BCUT2D eigenvalue weighted by atomic mass is 32.1. The summed E-state index contributed by atoms with van der Waals surface area (Å²) in [5.74, 6) is -2.32. The van der Waals surface area contributed by atoms with Crippen molar-refractivity contribution < 1.29 is 23.8 Å². The molecular formula is C10H12O5S. The fourth-order valence-corrected chi connectivity index (χ4v) is 2.06. The number of hydrogen-bond acceptors (Lipinski definition) is 6. The lowest BCUT2D eigenvalue weighted by Crippen LogP contribution is -2.23. The highest BCUT2D eigenvalue weighted by Crippen LogP contribution is 2.31. The van der Waals surface area contributed by atoms with E-state index in [2.05, 4.69) is 9.47 Å². The van der Waals surface area contributed by atoms with Crippen molar-refractivity contribution in [3.8, 4) is 5.06 Å². The van der Waals surface area contributed by atoms with Crippen LogP contribution >= 0.6 is 11.3 Å². The minimum Gasteiger partial charge on any atom is -0.487 e. The monoisotopic (exact) mass is 244 g/mol. The molecule has 0 unspecified atom stereocenters. The number of rotatable bonds is 4. The van der Waals surface area contributed by atoms with Crippen LogP contribution in [0.5, 0.6) is 5.06 Å². The van der Waals surface area contributed by atoms with Crippen LogP contribution in [-0.4, -0.2) is 33.3 Å². The molecule has 0 N–H and O–H groups in total. The van der Waals surface area contributed by atoms with Gasteiger partial charge in [-0.2, -0.15) is 0 Å². The smallest absolute Gasteiger partial charge is 0.325 e. The van der Waals surface area contributed by atoms with Crippen LogP contribution in [0, 0.1) is 0 Å². The Bertz CT molecular complexity index is 368. The van der Waals surface area contributed by atoms with Crippen molar-refractivity contribution in [2.45, 2.75) is 5.92 Å². The fraction of sp³-hybridized carbons (Fsp3) is 0.400. The van der Waals surface area contributed by atoms with E-state index in [-0.39, 0.29) is 0 Å². The molecule has 0 radical (unpaired) electrons. The molecule has 0 amide bonds. The number of carbonyl (C=O) groups excluding carboxylic acids is 2. The Balaban J connectivity index is 3.00. The molecule has 0 spiro atoms. The van der Waals surface area contributed by atoms with Crippen LogP contribution in [0.25, 0.3) is 0 Å². The third-order valence-corrected chi connectivity index (χ3v) is 3.07. The van der Waals surface area contributed by atoms with E-state index < -0.39 is 17.9 Å². The summed E-state index contributed by atoms with van der Waals surface area (Å²) in [6.07, 6.45) is 0. The van der Waals surface area contributed by atoms with E-state index in [1.54, 1.807) is 12.1 Å². The third kappa shape index (κ3) is 2.52. The third-order valence-electron chi connectivity index (χ3n) is 1.96. The molecule has 1 rings (SSSR count). The number of methoxy groups -OCH3 is 3. The molecule has 0 aliphatic rings. The Morgan fingerprint density at radius 2 is 1.69 bits per heavy atom. The largest absolute Gasteiger partial charge is 0.487 e. The van der Waals surface area contributed by atoms with Gasteiger partial charge < -0.3 is 14.2 Å². The SMILES string of the molecule is COC(=O)C(C(=O)OC)c1ccc(OC)s1. The molecule has 0 aliphatic heterocycles. The van der Waals surface area contributed by atoms with E-state index in [0.29, 0.717) is 9.94 Å². The van der Waals surface area contributed by atoms with Crippen molar-refractivity contribution in [1.82, 2.24) is 0 Å². The maximum atomic E-state index is 11.5. The van der Waals surface area contributed by atoms with Gasteiger partial charge in [0.25, 0.3) is 0 Å². The summed E-state index contributed by atoms with van der Waals surface area (Å²) < 4.78 is 14.1. The first-order valence-corrected chi connectivity index (χ1v) is 5.25. The lowest BCUT2D eigenvalue weighted by Gasteiger charge is -2.09. The Morgan fingerprint density at radius 3 is 2.06 bits per heavy atom. The van der Waals surface area contributed by atoms with Crippen molar-refractivity contribution in [2.24, 2.45) is 0 Å². The summed E-state index contributed by atoms with van der Waals surface area (Å²) in [5, 5.41) is 0.618. The lowest BCUT2D eigenvalue weighted by atomic mass is 10.1. The highest BCUT2D eigenvalue weighted by molar-refractivity contribution is 7.14. The minimum atomic E-state index is -1.04. The van der Waals surface area contributed by atoms with Gasteiger partial charge in [-0.25, -0.2) is 0 Å². The van der Waals surface area contributed by atoms with Crippen LogP contribution in [0.3, 0.4) is 0 Å². The van der Waals surface area contributed by atoms with Gasteiger partial charge >= 0.3 is 11.9 Å². The molecule has 0 bridgehead atoms. The first-order chi connectivity index (χ1) is 7.63. The van der Waals surface area contributed by atoms with Crippen LogP contribution in [-0.2, 0) is 19.1 Å². The van der Waals surface area contributed by atoms with E-state index in [4.69, 9.17) is 4.74 Å². The van der Waals surface area contributed by atoms with Crippen molar-refractivity contribution in [3.05, 3.63) is 17.0 Å². The normalized spacial score (nSPS) is 10.0. The summed E-state index contributed by atoms with van der Waals surface area (Å²) >= 11 is 1.20. The molecule has 1 aromatic heterocycles. The zero-order chi connectivity index (χ0) is 12.1. The summed E-state index contributed by atoms with van der Waals surface area (Å²) in [6, 6.07) is 3.32. The second kappa shape index (κ2) is 5.50. The van der Waals surface area contributed by atoms with Gasteiger partial charge in [0, 0.05) is 4.88 Å². The molecule has 5 nitrogen and oxygen atoms in total. The molecule has 1 aromatic rings. The Morgan fingerprint density at radius 1 is 1.12 bits per heavy atom. The maximum absolute atomic E-state index is 11.5. The number of hydrogen-bond donors (Lipinski definition) is 0. The quantitative estimate of drug-likeness (QED) is 0.588. The minimum absolute atomic E-state index is 0.538. The van der Waals surface area contributed by atoms with Gasteiger partial charge in [-0.05, 0) is 12.1 Å². The Hall–Kier alpha value is -1.56. The van der Waals surface area contributed by atoms with Crippen molar-refractivity contribution >= 4 is 23.3 Å². The number of carbonyl (C=O) groups is 2. The van der Waals surface area contributed by atoms with E-state index in [0.717, 1.165) is 0 Å². The van der Waals surface area contributed by atoms with Gasteiger partial charge in [0.15, 0.2) is 11.0 Å². The zero-order valence-electron chi connectivity index (χ0n) is 9.18. The van der Waals surface area contributed by atoms with Gasteiger partial charge in [-0.3, -0.25) is 9.59 Å². The number of esters is 2. The molecule has 0 saturated carbocycles. The molecule has 0 atom stereocenters. The Kier molecular flexibility index (Phi) is 4.30.